The second-order valence-corrected chi connectivity index (χ2v) is 8.15. The van der Waals surface area contributed by atoms with Gasteiger partial charge in [0.25, 0.3) is 0 Å². The van der Waals surface area contributed by atoms with Crippen molar-refractivity contribution < 1.29 is 9.53 Å². The molecule has 0 bridgehead atoms. The van der Waals surface area contributed by atoms with Crippen molar-refractivity contribution >= 4 is 23.0 Å². The lowest BCUT2D eigenvalue weighted by atomic mass is 9.91. The van der Waals surface area contributed by atoms with Crippen LogP contribution in [0.15, 0.2) is 17.7 Å². The maximum atomic E-state index is 13.6. The van der Waals surface area contributed by atoms with E-state index in [9.17, 15) is 4.79 Å². The molecule has 158 valence electrons. The number of carbonyl (C=O) groups excluding carboxylic acids is 1. The Kier molecular flexibility index (Phi) is 8.09. The van der Waals surface area contributed by atoms with E-state index in [1.165, 1.54) is 5.57 Å². The molecule has 0 aliphatic heterocycles. The summed E-state index contributed by atoms with van der Waals surface area (Å²) in [6.45, 7) is 15.5. The molecule has 29 heavy (non-hydrogen) atoms. The van der Waals surface area contributed by atoms with Gasteiger partial charge in [0.2, 0.25) is 11.7 Å². The van der Waals surface area contributed by atoms with Gasteiger partial charge in [-0.05, 0) is 76.3 Å². The van der Waals surface area contributed by atoms with Gasteiger partial charge >= 0.3 is 0 Å². The van der Waals surface area contributed by atoms with Gasteiger partial charge in [-0.3, -0.25) is 4.79 Å². The molecule has 0 atom stereocenters. The van der Waals surface area contributed by atoms with Crippen LogP contribution in [0.3, 0.4) is 0 Å². The highest BCUT2D eigenvalue weighted by atomic mass is 35.5. The fourth-order valence-electron chi connectivity index (χ4n) is 3.41. The fraction of sp³-hybridized carbons (Fsp3) is 0.500. The number of nitrogens with zero attached hydrogens (tertiary/aromatic N) is 2. The number of aryl methyl sites for hydroxylation is 2. The van der Waals surface area contributed by atoms with Gasteiger partial charge in [0, 0.05) is 17.1 Å². The normalized spacial score (nSPS) is 10.9. The van der Waals surface area contributed by atoms with E-state index in [1.807, 2.05) is 37.6 Å². The van der Waals surface area contributed by atoms with Crippen molar-refractivity contribution in [3.8, 4) is 5.88 Å². The topological polar surface area (TPSA) is 44.1 Å². The van der Waals surface area contributed by atoms with Gasteiger partial charge in [-0.2, -0.15) is 5.10 Å². The number of rotatable bonds is 9. The molecule has 0 fully saturated rings. The molecule has 0 spiro atoms. The second-order valence-electron chi connectivity index (χ2n) is 7.74. The summed E-state index contributed by atoms with van der Waals surface area (Å²) >= 11 is 6.50. The Bertz CT molecular complexity index is 921. The summed E-state index contributed by atoms with van der Waals surface area (Å²) in [6.07, 6.45) is 2.89. The highest BCUT2D eigenvalue weighted by Crippen LogP contribution is 2.34. The number of ketones is 1. The van der Waals surface area contributed by atoms with Crippen molar-refractivity contribution in [1.82, 2.24) is 9.78 Å². The minimum absolute atomic E-state index is 0.0617. The van der Waals surface area contributed by atoms with E-state index in [1.54, 1.807) is 0 Å². The van der Waals surface area contributed by atoms with Crippen LogP contribution in [0.5, 0.6) is 5.88 Å². The maximum absolute atomic E-state index is 13.6. The van der Waals surface area contributed by atoms with E-state index in [0.29, 0.717) is 34.3 Å². The van der Waals surface area contributed by atoms with Crippen LogP contribution in [-0.2, 0) is 6.54 Å². The van der Waals surface area contributed by atoms with Crippen molar-refractivity contribution in [3.63, 3.8) is 0 Å². The quantitative estimate of drug-likeness (QED) is 0.334. The lowest BCUT2D eigenvalue weighted by Crippen LogP contribution is -2.11. The molecule has 0 amide bonds. The first-order valence-corrected chi connectivity index (χ1v) is 10.8. The van der Waals surface area contributed by atoms with E-state index in [4.69, 9.17) is 16.3 Å². The summed E-state index contributed by atoms with van der Waals surface area (Å²) in [4.78, 5) is 13.6. The number of carbonyl (C=O) groups is 1. The van der Waals surface area contributed by atoms with E-state index in [-0.39, 0.29) is 5.78 Å². The molecule has 1 aromatic heterocycles. The Hall–Kier alpha value is -2.07. The van der Waals surface area contributed by atoms with Crippen molar-refractivity contribution in [1.29, 1.82) is 0 Å². The van der Waals surface area contributed by atoms with Crippen LogP contribution in [0.1, 0.15) is 86.6 Å². The molecule has 4 nitrogen and oxygen atoms in total. The molecule has 0 N–H and O–H groups in total. The Balaban J connectivity index is 2.60. The van der Waals surface area contributed by atoms with Crippen LogP contribution in [0.4, 0.5) is 0 Å². The monoisotopic (exact) mass is 416 g/mol. The lowest BCUT2D eigenvalue weighted by Gasteiger charge is -2.15. The predicted octanol–water partition coefficient (Wildman–Crippen LogP) is 6.79. The van der Waals surface area contributed by atoms with Crippen LogP contribution in [0.25, 0.3) is 5.57 Å². The number of allylic oxidation sites excluding steroid dienone is 2. The van der Waals surface area contributed by atoms with Gasteiger partial charge in [0.15, 0.2) is 0 Å². The number of halogens is 1. The zero-order valence-corrected chi connectivity index (χ0v) is 19.5. The van der Waals surface area contributed by atoms with E-state index >= 15 is 0 Å². The SMILES string of the molecule is CCCCOc1c(C(=O)c2ccc(Cl)c(C(C)=C(C)C)c2C)c(C)nn1CCC. The zero-order chi connectivity index (χ0) is 21.7. The minimum atomic E-state index is -0.0617. The average Bonchev–Trinajstić information content (AvgIpc) is 2.97. The summed E-state index contributed by atoms with van der Waals surface area (Å²) in [5.41, 5.74) is 6.00. The van der Waals surface area contributed by atoms with Crippen LogP contribution in [0, 0.1) is 13.8 Å². The molecule has 5 heteroatoms. The Morgan fingerprint density at radius 1 is 1.10 bits per heavy atom. The predicted molar refractivity (Wildman–Crippen MR) is 121 cm³/mol. The van der Waals surface area contributed by atoms with Crippen LogP contribution in [0.2, 0.25) is 5.02 Å². The summed E-state index contributed by atoms with van der Waals surface area (Å²) in [7, 11) is 0. The first-order chi connectivity index (χ1) is 13.7. The number of unbranched alkanes of at least 4 members (excludes halogenated alkanes) is 1. The van der Waals surface area contributed by atoms with Gasteiger partial charge in [-0.15, -0.1) is 0 Å². The molecule has 1 heterocycles. The molecule has 0 aliphatic carbocycles. The third kappa shape index (κ3) is 4.92. The van der Waals surface area contributed by atoms with Gasteiger partial charge < -0.3 is 4.74 Å². The summed E-state index contributed by atoms with van der Waals surface area (Å²) in [5, 5.41) is 5.26. The van der Waals surface area contributed by atoms with Crippen molar-refractivity contribution in [2.75, 3.05) is 6.61 Å². The fourth-order valence-corrected chi connectivity index (χ4v) is 3.76. The van der Waals surface area contributed by atoms with Crippen LogP contribution < -0.4 is 4.74 Å². The Morgan fingerprint density at radius 3 is 2.38 bits per heavy atom. The highest BCUT2D eigenvalue weighted by molar-refractivity contribution is 6.32. The molecule has 1 aromatic carbocycles. The number of benzene rings is 1. The summed E-state index contributed by atoms with van der Waals surface area (Å²) in [5.74, 6) is 0.519. The van der Waals surface area contributed by atoms with E-state index in [0.717, 1.165) is 42.5 Å². The lowest BCUT2D eigenvalue weighted by molar-refractivity contribution is 0.103. The minimum Gasteiger partial charge on any atom is -0.477 e. The third-order valence-electron chi connectivity index (χ3n) is 5.26. The van der Waals surface area contributed by atoms with Crippen LogP contribution >= 0.6 is 11.6 Å². The van der Waals surface area contributed by atoms with Gasteiger partial charge in [0.1, 0.15) is 5.56 Å². The van der Waals surface area contributed by atoms with Crippen molar-refractivity contribution in [3.05, 3.63) is 50.7 Å². The summed E-state index contributed by atoms with van der Waals surface area (Å²) in [6, 6.07) is 3.63. The van der Waals surface area contributed by atoms with Gasteiger partial charge in [-0.25, -0.2) is 4.68 Å². The van der Waals surface area contributed by atoms with Gasteiger partial charge in [0.05, 0.1) is 12.3 Å². The van der Waals surface area contributed by atoms with Crippen LogP contribution in [-0.4, -0.2) is 22.2 Å². The largest absolute Gasteiger partial charge is 0.477 e. The summed E-state index contributed by atoms with van der Waals surface area (Å²) < 4.78 is 7.87. The third-order valence-corrected chi connectivity index (χ3v) is 5.58. The average molecular weight is 417 g/mol. The number of aromatic nitrogens is 2. The van der Waals surface area contributed by atoms with Crippen molar-refractivity contribution in [2.45, 2.75) is 74.3 Å². The molecule has 0 saturated carbocycles. The molecule has 2 rings (SSSR count). The molecule has 0 unspecified atom stereocenters. The first kappa shape index (κ1) is 23.2. The van der Waals surface area contributed by atoms with Gasteiger partial charge in [-0.1, -0.05) is 37.4 Å². The van der Waals surface area contributed by atoms with E-state index < -0.39 is 0 Å². The number of ether oxygens (including phenoxy) is 1. The standard InChI is InChI=1S/C24H33ClN2O2/c1-8-10-14-29-24-22(18(7)26-27(24)13-9-2)23(28)19-11-12-20(25)21(17(19)6)16(5)15(3)4/h11-12H,8-10,13-14H2,1-7H3. The van der Waals surface area contributed by atoms with Crippen molar-refractivity contribution in [2.24, 2.45) is 0 Å². The molecule has 0 aliphatic rings. The molecular formula is C24H33ClN2O2. The Morgan fingerprint density at radius 2 is 1.79 bits per heavy atom. The zero-order valence-electron chi connectivity index (χ0n) is 18.8. The number of hydrogen-bond acceptors (Lipinski definition) is 3. The highest BCUT2D eigenvalue weighted by Gasteiger charge is 2.26. The van der Waals surface area contributed by atoms with E-state index in [2.05, 4.69) is 32.8 Å². The molecule has 0 saturated heterocycles. The smallest absolute Gasteiger partial charge is 0.223 e. The molecule has 2 aromatic rings. The Labute approximate surface area is 179 Å². The first-order valence-electron chi connectivity index (χ1n) is 10.4. The maximum Gasteiger partial charge on any atom is 0.223 e. The molecular weight excluding hydrogens is 384 g/mol. The molecule has 0 radical (unpaired) electrons. The second kappa shape index (κ2) is 10.1. The number of hydrogen-bond donors (Lipinski definition) is 0.